The van der Waals surface area contributed by atoms with E-state index in [1.54, 1.807) is 29.4 Å². The molecule has 0 N–H and O–H groups in total. The molecular weight excluding hydrogens is 396 g/mol. The summed E-state index contributed by atoms with van der Waals surface area (Å²) in [5, 5.41) is 12.9. The van der Waals surface area contributed by atoms with E-state index >= 15 is 0 Å². The van der Waals surface area contributed by atoms with Gasteiger partial charge in [-0.15, -0.1) is 10.2 Å². The molecular formula is C22H26N6O3. The number of amides is 1. The first-order valence-electron chi connectivity index (χ1n) is 10.8. The Bertz CT molecular complexity index is 1010. The quantitative estimate of drug-likeness (QED) is 0.634. The maximum atomic E-state index is 12.8. The molecule has 1 atom stereocenters. The average Bonchev–Trinajstić information content (AvgIpc) is 3.51. The van der Waals surface area contributed by atoms with Crippen LogP contribution < -0.4 is 9.80 Å². The number of nitrogens with zero attached hydrogens (tertiary/aromatic N) is 6. The summed E-state index contributed by atoms with van der Waals surface area (Å²) in [6, 6.07) is 9.77. The maximum absolute atomic E-state index is 12.8. The van der Waals surface area contributed by atoms with Crippen LogP contribution in [0.5, 0.6) is 0 Å². The van der Waals surface area contributed by atoms with Crippen LogP contribution in [0, 0.1) is 0 Å². The van der Waals surface area contributed by atoms with Gasteiger partial charge in [0, 0.05) is 44.8 Å². The molecule has 2 aliphatic rings. The normalized spacial score (nSPS) is 19.6. The van der Waals surface area contributed by atoms with Gasteiger partial charge in [-0.1, -0.05) is 5.16 Å². The first kappa shape index (κ1) is 19.6. The van der Waals surface area contributed by atoms with Crippen LogP contribution in [0.15, 0.2) is 45.5 Å². The molecule has 3 aromatic heterocycles. The largest absolute Gasteiger partial charge is 0.461 e. The van der Waals surface area contributed by atoms with Crippen LogP contribution >= 0.6 is 0 Å². The van der Waals surface area contributed by atoms with Gasteiger partial charge in [0.25, 0.3) is 5.91 Å². The molecule has 31 heavy (non-hydrogen) atoms. The van der Waals surface area contributed by atoms with Gasteiger partial charge < -0.3 is 23.6 Å². The third-order valence-corrected chi connectivity index (χ3v) is 6.12. The second kappa shape index (κ2) is 8.41. The summed E-state index contributed by atoms with van der Waals surface area (Å²) in [7, 11) is 0. The van der Waals surface area contributed by atoms with Crippen LogP contribution in [0.2, 0.25) is 0 Å². The summed E-state index contributed by atoms with van der Waals surface area (Å²) in [5.41, 5.74) is 0.291. The van der Waals surface area contributed by atoms with Crippen molar-refractivity contribution >= 4 is 17.5 Å². The van der Waals surface area contributed by atoms with E-state index in [0.717, 1.165) is 18.2 Å². The van der Waals surface area contributed by atoms with Crippen LogP contribution in [0.3, 0.4) is 0 Å². The van der Waals surface area contributed by atoms with Gasteiger partial charge in [0.05, 0.1) is 6.26 Å². The second-order valence-electron chi connectivity index (χ2n) is 8.12. The number of anilines is 2. The van der Waals surface area contributed by atoms with Crippen LogP contribution in [0.4, 0.5) is 11.6 Å². The molecule has 5 heterocycles. The number of aromatic nitrogens is 3. The predicted octanol–water partition coefficient (Wildman–Crippen LogP) is 3.07. The molecule has 1 unspecified atom stereocenters. The van der Waals surface area contributed by atoms with Crippen LogP contribution in [-0.2, 0) is 0 Å². The third-order valence-electron chi connectivity index (χ3n) is 6.12. The fourth-order valence-corrected chi connectivity index (χ4v) is 4.29. The van der Waals surface area contributed by atoms with Crippen molar-refractivity contribution in [1.29, 1.82) is 0 Å². The Morgan fingerprint density at radius 1 is 1.00 bits per heavy atom. The van der Waals surface area contributed by atoms with Gasteiger partial charge >= 0.3 is 0 Å². The lowest BCUT2D eigenvalue weighted by Gasteiger charge is -2.36. The first-order valence-corrected chi connectivity index (χ1v) is 10.8. The Kier molecular flexibility index (Phi) is 5.31. The standard InChI is InChI=1S/C22H26N6O3/c1-16-5-2-3-9-28(16)21-8-7-20(23-24-21)26-10-12-27(13-11-26)22(29)17-15-19(31-25-17)18-6-4-14-30-18/h4,6-8,14-16H,2-3,5,9-13H2,1H3. The highest BCUT2D eigenvalue weighted by Crippen LogP contribution is 2.24. The highest BCUT2D eigenvalue weighted by Gasteiger charge is 2.26. The molecule has 9 heteroatoms. The van der Waals surface area contributed by atoms with Crippen molar-refractivity contribution in [3.05, 3.63) is 42.3 Å². The Morgan fingerprint density at radius 2 is 1.81 bits per heavy atom. The Labute approximate surface area is 180 Å². The van der Waals surface area contributed by atoms with Crippen molar-refractivity contribution < 1.29 is 13.7 Å². The van der Waals surface area contributed by atoms with E-state index in [-0.39, 0.29) is 5.91 Å². The SMILES string of the molecule is CC1CCCCN1c1ccc(N2CCN(C(=O)c3cc(-c4ccco4)on3)CC2)nn1. The van der Waals surface area contributed by atoms with E-state index in [1.165, 1.54) is 19.3 Å². The summed E-state index contributed by atoms with van der Waals surface area (Å²) >= 11 is 0. The number of carbonyl (C=O) groups excluding carboxylic acids is 1. The average molecular weight is 422 g/mol. The second-order valence-corrected chi connectivity index (χ2v) is 8.12. The highest BCUT2D eigenvalue weighted by molar-refractivity contribution is 5.93. The summed E-state index contributed by atoms with van der Waals surface area (Å²) in [4.78, 5) is 19.1. The van der Waals surface area contributed by atoms with Crippen molar-refractivity contribution in [2.45, 2.75) is 32.2 Å². The maximum Gasteiger partial charge on any atom is 0.276 e. The zero-order valence-corrected chi connectivity index (χ0v) is 17.6. The monoisotopic (exact) mass is 422 g/mol. The molecule has 2 fully saturated rings. The van der Waals surface area contributed by atoms with E-state index in [2.05, 4.69) is 38.1 Å². The minimum absolute atomic E-state index is 0.137. The molecule has 0 aliphatic carbocycles. The van der Waals surface area contributed by atoms with Crippen LogP contribution in [0.1, 0.15) is 36.7 Å². The number of furan rings is 1. The number of carbonyl (C=O) groups is 1. The fourth-order valence-electron chi connectivity index (χ4n) is 4.29. The smallest absolute Gasteiger partial charge is 0.276 e. The van der Waals surface area contributed by atoms with Gasteiger partial charge in [0.1, 0.15) is 0 Å². The minimum atomic E-state index is -0.137. The minimum Gasteiger partial charge on any atom is -0.461 e. The summed E-state index contributed by atoms with van der Waals surface area (Å²) in [6.07, 6.45) is 5.25. The number of piperidine rings is 1. The predicted molar refractivity (Wildman–Crippen MR) is 115 cm³/mol. The molecule has 5 rings (SSSR count). The van der Waals surface area contributed by atoms with E-state index in [1.807, 2.05) is 6.07 Å². The molecule has 0 spiro atoms. The van der Waals surface area contributed by atoms with E-state index < -0.39 is 0 Å². The van der Waals surface area contributed by atoms with Crippen LogP contribution in [0.25, 0.3) is 11.5 Å². The van der Waals surface area contributed by atoms with Crippen molar-refractivity contribution in [1.82, 2.24) is 20.3 Å². The Morgan fingerprint density at radius 3 is 2.52 bits per heavy atom. The van der Waals surface area contributed by atoms with Gasteiger partial charge in [0.2, 0.25) is 5.76 Å². The van der Waals surface area contributed by atoms with Crippen molar-refractivity contribution in [2.24, 2.45) is 0 Å². The van der Waals surface area contributed by atoms with E-state index in [0.29, 0.717) is 49.4 Å². The fraction of sp³-hybridized carbons (Fsp3) is 0.455. The molecule has 2 aliphatic heterocycles. The molecule has 0 radical (unpaired) electrons. The molecule has 162 valence electrons. The number of piperazine rings is 1. The van der Waals surface area contributed by atoms with Crippen LogP contribution in [-0.4, -0.2) is 64.9 Å². The van der Waals surface area contributed by atoms with E-state index in [9.17, 15) is 4.79 Å². The summed E-state index contributed by atoms with van der Waals surface area (Å²) in [5.74, 6) is 2.66. The number of hydrogen-bond acceptors (Lipinski definition) is 8. The van der Waals surface area contributed by atoms with Gasteiger partial charge in [-0.25, -0.2) is 0 Å². The molecule has 3 aromatic rings. The topological polar surface area (TPSA) is 91.7 Å². The molecule has 0 saturated carbocycles. The molecule has 0 aromatic carbocycles. The third kappa shape index (κ3) is 3.99. The molecule has 9 nitrogen and oxygen atoms in total. The lowest BCUT2D eigenvalue weighted by atomic mass is 10.0. The lowest BCUT2D eigenvalue weighted by molar-refractivity contribution is 0.0736. The first-order chi connectivity index (χ1) is 15.2. The molecule has 1 amide bonds. The number of hydrogen-bond donors (Lipinski definition) is 0. The van der Waals surface area contributed by atoms with Gasteiger partial charge in [0.15, 0.2) is 23.1 Å². The molecule has 0 bridgehead atoms. The number of rotatable bonds is 4. The lowest BCUT2D eigenvalue weighted by Crippen LogP contribution is -2.49. The zero-order valence-electron chi connectivity index (χ0n) is 17.6. The summed E-state index contributed by atoms with van der Waals surface area (Å²) in [6.45, 7) is 5.87. The molecule has 2 saturated heterocycles. The van der Waals surface area contributed by atoms with Crippen molar-refractivity contribution in [2.75, 3.05) is 42.5 Å². The van der Waals surface area contributed by atoms with Crippen molar-refractivity contribution in [3.63, 3.8) is 0 Å². The highest BCUT2D eigenvalue weighted by atomic mass is 16.5. The van der Waals surface area contributed by atoms with Crippen molar-refractivity contribution in [3.8, 4) is 11.5 Å². The van der Waals surface area contributed by atoms with Gasteiger partial charge in [-0.3, -0.25) is 4.79 Å². The Hall–Kier alpha value is -3.36. The van der Waals surface area contributed by atoms with E-state index in [4.69, 9.17) is 8.94 Å². The summed E-state index contributed by atoms with van der Waals surface area (Å²) < 4.78 is 10.5. The zero-order chi connectivity index (χ0) is 21.2. The Balaban J connectivity index is 1.19. The van der Waals surface area contributed by atoms with Gasteiger partial charge in [-0.05, 0) is 50.5 Å². The van der Waals surface area contributed by atoms with Gasteiger partial charge in [-0.2, -0.15) is 0 Å².